The van der Waals surface area contributed by atoms with E-state index in [1.807, 2.05) is 13.8 Å². The van der Waals surface area contributed by atoms with Gasteiger partial charge in [0.15, 0.2) is 0 Å². The van der Waals surface area contributed by atoms with E-state index in [4.69, 9.17) is 22.4 Å². The topological polar surface area (TPSA) is 118 Å². The predicted molar refractivity (Wildman–Crippen MR) is 87.7 cm³/mol. The summed E-state index contributed by atoms with van der Waals surface area (Å²) in [6.07, 6.45) is 3.02. The number of anilines is 1. The van der Waals surface area contributed by atoms with Crippen LogP contribution in [-0.4, -0.2) is 33.0 Å². The van der Waals surface area contributed by atoms with Crippen LogP contribution in [-0.2, 0) is 0 Å². The molecule has 0 atom stereocenters. The number of rotatable bonds is 4. The van der Waals surface area contributed by atoms with E-state index in [2.05, 4.69) is 15.3 Å². The van der Waals surface area contributed by atoms with Gasteiger partial charge in [0, 0.05) is 18.4 Å². The molecule has 0 aliphatic heterocycles. The van der Waals surface area contributed by atoms with Crippen LogP contribution in [0, 0.1) is 0 Å². The highest BCUT2D eigenvalue weighted by Gasteiger charge is 2.12. The van der Waals surface area contributed by atoms with Crippen LogP contribution in [0.1, 0.15) is 34.6 Å². The Morgan fingerprint density at radius 1 is 1.30 bits per heavy atom. The maximum absolute atomic E-state index is 10.8. The Hall–Kier alpha value is -2.67. The number of nitrogens with two attached hydrogens (primary N) is 1. The average Bonchev–Trinajstić information content (AvgIpc) is 2.48. The maximum atomic E-state index is 10.8. The number of pyridine rings is 2. The maximum Gasteiger partial charge on any atom is 0.339 e. The van der Waals surface area contributed by atoms with E-state index in [9.17, 15) is 9.59 Å². The van der Waals surface area contributed by atoms with Crippen molar-refractivity contribution in [1.82, 2.24) is 9.97 Å². The van der Waals surface area contributed by atoms with Gasteiger partial charge in [-0.15, -0.1) is 0 Å². The molecule has 0 radical (unpaired) electrons. The van der Waals surface area contributed by atoms with Crippen molar-refractivity contribution in [3.8, 4) is 0 Å². The van der Waals surface area contributed by atoms with E-state index in [1.165, 1.54) is 18.3 Å². The van der Waals surface area contributed by atoms with Gasteiger partial charge < -0.3 is 16.2 Å². The Bertz CT molecular complexity index is 678. The van der Waals surface area contributed by atoms with E-state index in [0.29, 0.717) is 11.4 Å². The van der Waals surface area contributed by atoms with Crippen LogP contribution in [0.4, 0.5) is 5.82 Å². The zero-order valence-corrected chi connectivity index (χ0v) is 13.4. The number of aromatic carboxylic acids is 1. The first-order valence-corrected chi connectivity index (χ1v) is 7.05. The van der Waals surface area contributed by atoms with Gasteiger partial charge >= 0.3 is 5.97 Å². The number of primary amides is 1. The summed E-state index contributed by atoms with van der Waals surface area (Å²) >= 11 is 5.66. The molecule has 0 saturated carbocycles. The number of aromatic nitrogens is 2. The molecule has 0 spiro atoms. The molecule has 2 aromatic rings. The molecule has 0 unspecified atom stereocenters. The molecule has 7 nitrogen and oxygen atoms in total. The second-order valence-electron chi connectivity index (χ2n) is 4.74. The average molecular weight is 337 g/mol. The highest BCUT2D eigenvalue weighted by Crippen LogP contribution is 2.17. The van der Waals surface area contributed by atoms with E-state index in [0.717, 1.165) is 0 Å². The van der Waals surface area contributed by atoms with Gasteiger partial charge in [-0.1, -0.05) is 11.6 Å². The third-order valence-electron chi connectivity index (χ3n) is 2.46. The molecule has 0 bridgehead atoms. The Kier molecular flexibility index (Phi) is 6.95. The summed E-state index contributed by atoms with van der Waals surface area (Å²) < 4.78 is 0. The van der Waals surface area contributed by atoms with Gasteiger partial charge in [0.05, 0.1) is 5.56 Å². The van der Waals surface area contributed by atoms with E-state index < -0.39 is 11.9 Å². The minimum Gasteiger partial charge on any atom is -0.478 e. The van der Waals surface area contributed by atoms with Crippen molar-refractivity contribution < 1.29 is 14.7 Å². The molecule has 2 rings (SSSR count). The quantitative estimate of drug-likeness (QED) is 0.738. The van der Waals surface area contributed by atoms with Gasteiger partial charge in [0.25, 0.3) is 0 Å². The lowest BCUT2D eigenvalue weighted by atomic mass is 10.2. The fourth-order valence-electron chi connectivity index (χ4n) is 1.50. The molecule has 0 aromatic carbocycles. The predicted octanol–water partition coefficient (Wildman–Crippen LogP) is 2.43. The second kappa shape index (κ2) is 8.70. The van der Waals surface area contributed by atoms with Crippen LogP contribution >= 0.6 is 11.6 Å². The molecule has 2 heterocycles. The summed E-state index contributed by atoms with van der Waals surface area (Å²) in [4.78, 5) is 28.8. The number of carbonyl (C=O) groups is 2. The van der Waals surface area contributed by atoms with Crippen LogP contribution < -0.4 is 11.1 Å². The summed E-state index contributed by atoms with van der Waals surface area (Å²) in [5.74, 6) is -1.15. The second-order valence-corrected chi connectivity index (χ2v) is 5.13. The fraction of sp³-hybridized carbons (Fsp3) is 0.200. The number of carboxylic acid groups (broad SMARTS) is 1. The highest BCUT2D eigenvalue weighted by atomic mass is 35.5. The standard InChI is InChI=1S/C9H11ClN2O2.C6H6N2O/c1-5(2)11-8-6(9(13)14)3-4-7(10)12-8;7-6(9)5-2-1-3-8-4-5/h3-5H,1-2H3,(H,11,12)(H,13,14);1-4H,(H2,7,9). The lowest BCUT2D eigenvalue weighted by Crippen LogP contribution is -2.14. The highest BCUT2D eigenvalue weighted by molar-refractivity contribution is 6.29. The number of carbonyl (C=O) groups excluding carboxylic acids is 1. The zero-order valence-electron chi connectivity index (χ0n) is 12.7. The number of carboxylic acids is 1. The van der Waals surface area contributed by atoms with Gasteiger partial charge in [0.1, 0.15) is 16.5 Å². The number of halogens is 1. The van der Waals surface area contributed by atoms with Crippen molar-refractivity contribution in [1.29, 1.82) is 0 Å². The Morgan fingerprint density at radius 2 is 2.00 bits per heavy atom. The lowest BCUT2D eigenvalue weighted by molar-refractivity contribution is 0.0697. The molecule has 1 amide bonds. The van der Waals surface area contributed by atoms with Gasteiger partial charge in [-0.05, 0) is 38.1 Å². The number of nitrogens with one attached hydrogen (secondary N) is 1. The first kappa shape index (κ1) is 18.4. The van der Waals surface area contributed by atoms with Gasteiger partial charge in [-0.2, -0.15) is 0 Å². The molecule has 0 fully saturated rings. The van der Waals surface area contributed by atoms with Crippen molar-refractivity contribution in [3.63, 3.8) is 0 Å². The number of amides is 1. The van der Waals surface area contributed by atoms with E-state index >= 15 is 0 Å². The minimum absolute atomic E-state index is 0.110. The molecular weight excluding hydrogens is 320 g/mol. The largest absolute Gasteiger partial charge is 0.478 e. The first-order valence-electron chi connectivity index (χ1n) is 6.67. The molecule has 8 heteroatoms. The molecule has 4 N–H and O–H groups in total. The van der Waals surface area contributed by atoms with Crippen molar-refractivity contribution in [3.05, 3.63) is 52.9 Å². The summed E-state index contributed by atoms with van der Waals surface area (Å²) in [5.41, 5.74) is 5.50. The molecule has 0 aliphatic rings. The Morgan fingerprint density at radius 3 is 2.43 bits per heavy atom. The van der Waals surface area contributed by atoms with Crippen LogP contribution in [0.25, 0.3) is 0 Å². The zero-order chi connectivity index (χ0) is 17.4. The molecule has 23 heavy (non-hydrogen) atoms. The Balaban J connectivity index is 0.000000253. The lowest BCUT2D eigenvalue weighted by Gasteiger charge is -2.11. The van der Waals surface area contributed by atoms with E-state index in [1.54, 1.807) is 18.3 Å². The van der Waals surface area contributed by atoms with Crippen LogP contribution in [0.15, 0.2) is 36.7 Å². The van der Waals surface area contributed by atoms with Crippen LogP contribution in [0.5, 0.6) is 0 Å². The smallest absolute Gasteiger partial charge is 0.339 e. The summed E-state index contributed by atoms with van der Waals surface area (Å²) in [7, 11) is 0. The number of hydrogen-bond donors (Lipinski definition) is 3. The third kappa shape index (κ3) is 6.31. The monoisotopic (exact) mass is 336 g/mol. The number of hydrogen-bond acceptors (Lipinski definition) is 5. The van der Waals surface area contributed by atoms with Crippen molar-refractivity contribution >= 4 is 29.3 Å². The van der Waals surface area contributed by atoms with Crippen molar-refractivity contribution in [2.75, 3.05) is 5.32 Å². The number of nitrogens with zero attached hydrogens (tertiary/aromatic N) is 2. The minimum atomic E-state index is -1.02. The summed E-state index contributed by atoms with van der Waals surface area (Å²) in [5, 5.41) is 12.0. The summed E-state index contributed by atoms with van der Waals surface area (Å²) in [6.45, 7) is 3.79. The normalized spacial score (nSPS) is 9.74. The van der Waals surface area contributed by atoms with Crippen LogP contribution in [0.2, 0.25) is 5.15 Å². The molecule has 0 saturated heterocycles. The van der Waals surface area contributed by atoms with Crippen LogP contribution in [0.3, 0.4) is 0 Å². The Labute approximate surface area is 138 Å². The van der Waals surface area contributed by atoms with E-state index in [-0.39, 0.29) is 16.8 Å². The van der Waals surface area contributed by atoms with Gasteiger partial charge in [-0.25, -0.2) is 9.78 Å². The molecule has 122 valence electrons. The van der Waals surface area contributed by atoms with Crippen molar-refractivity contribution in [2.24, 2.45) is 5.73 Å². The van der Waals surface area contributed by atoms with Crippen molar-refractivity contribution in [2.45, 2.75) is 19.9 Å². The molecule has 0 aliphatic carbocycles. The third-order valence-corrected chi connectivity index (χ3v) is 2.67. The first-order chi connectivity index (χ1) is 10.8. The molecule has 2 aromatic heterocycles. The van der Waals surface area contributed by atoms with Gasteiger partial charge in [-0.3, -0.25) is 9.78 Å². The summed E-state index contributed by atoms with van der Waals surface area (Å²) in [6, 6.07) is 6.29. The molecular formula is C15H17ClN4O3. The SMILES string of the molecule is CC(C)Nc1nc(Cl)ccc1C(=O)O.NC(=O)c1cccnc1. The fourth-order valence-corrected chi connectivity index (χ4v) is 1.65. The van der Waals surface area contributed by atoms with Gasteiger partial charge in [0.2, 0.25) is 5.91 Å².